The fourth-order valence-electron chi connectivity index (χ4n) is 2.12. The zero-order chi connectivity index (χ0) is 16.4. The first-order chi connectivity index (χ1) is 10.2. The Morgan fingerprint density at radius 1 is 1.18 bits per heavy atom. The van der Waals surface area contributed by atoms with Crippen molar-refractivity contribution in [2.24, 2.45) is 0 Å². The molecule has 1 saturated carbocycles. The molecule has 22 heavy (non-hydrogen) atoms. The number of benzene rings is 1. The molecule has 0 aromatic heterocycles. The highest BCUT2D eigenvalue weighted by Crippen LogP contribution is 2.32. The lowest BCUT2D eigenvalue weighted by Gasteiger charge is -2.15. The standard InChI is InChI=1S/C13H13F3O5S/c14-13(15,16)22(18,19)21-12-7-11(6-5-9(12)8-17)20-10-3-1-2-4-10/h5-8,10H,1-4H2. The second-order valence-corrected chi connectivity index (χ2v) is 6.36. The van der Waals surface area contributed by atoms with Gasteiger partial charge in [-0.05, 0) is 37.8 Å². The van der Waals surface area contributed by atoms with Crippen LogP contribution < -0.4 is 8.92 Å². The smallest absolute Gasteiger partial charge is 0.490 e. The Bertz CT molecular complexity index is 648. The lowest BCUT2D eigenvalue weighted by Crippen LogP contribution is -2.28. The quantitative estimate of drug-likeness (QED) is 0.469. The molecular weight excluding hydrogens is 325 g/mol. The number of carbonyl (C=O) groups is 1. The molecule has 0 unspecified atom stereocenters. The third kappa shape index (κ3) is 3.70. The lowest BCUT2D eigenvalue weighted by atomic mass is 10.2. The number of hydrogen-bond donors (Lipinski definition) is 0. The van der Waals surface area contributed by atoms with Crippen molar-refractivity contribution in [1.82, 2.24) is 0 Å². The van der Waals surface area contributed by atoms with Gasteiger partial charge in [-0.15, -0.1) is 0 Å². The minimum Gasteiger partial charge on any atom is -0.490 e. The topological polar surface area (TPSA) is 69.7 Å². The predicted octanol–water partition coefficient (Wildman–Crippen LogP) is 3.05. The van der Waals surface area contributed by atoms with Crippen LogP contribution in [0.25, 0.3) is 0 Å². The molecule has 2 rings (SSSR count). The average molecular weight is 338 g/mol. The van der Waals surface area contributed by atoms with E-state index < -0.39 is 21.4 Å². The molecule has 0 atom stereocenters. The average Bonchev–Trinajstić information content (AvgIpc) is 2.90. The van der Waals surface area contributed by atoms with Gasteiger partial charge in [0, 0.05) is 6.07 Å². The second-order valence-electron chi connectivity index (χ2n) is 4.82. The van der Waals surface area contributed by atoms with Crippen molar-refractivity contribution in [3.63, 3.8) is 0 Å². The van der Waals surface area contributed by atoms with Gasteiger partial charge in [0.15, 0.2) is 12.0 Å². The SMILES string of the molecule is O=Cc1ccc(OC2CCCC2)cc1OS(=O)(=O)C(F)(F)F. The largest absolute Gasteiger partial charge is 0.534 e. The van der Waals surface area contributed by atoms with E-state index in [2.05, 4.69) is 4.18 Å². The molecule has 0 spiro atoms. The molecule has 0 heterocycles. The highest BCUT2D eigenvalue weighted by atomic mass is 32.2. The second kappa shape index (κ2) is 6.15. The molecule has 1 fully saturated rings. The zero-order valence-corrected chi connectivity index (χ0v) is 12.1. The van der Waals surface area contributed by atoms with Crippen LogP contribution in [-0.4, -0.2) is 26.3 Å². The molecule has 9 heteroatoms. The highest BCUT2D eigenvalue weighted by Gasteiger charge is 2.48. The van der Waals surface area contributed by atoms with Gasteiger partial charge in [-0.3, -0.25) is 4.79 Å². The van der Waals surface area contributed by atoms with Crippen LogP contribution in [0.2, 0.25) is 0 Å². The summed E-state index contributed by atoms with van der Waals surface area (Å²) in [6.45, 7) is 0. The van der Waals surface area contributed by atoms with E-state index in [1.807, 2.05) is 0 Å². The van der Waals surface area contributed by atoms with E-state index in [9.17, 15) is 26.4 Å². The van der Waals surface area contributed by atoms with Gasteiger partial charge in [0.25, 0.3) is 0 Å². The maximum Gasteiger partial charge on any atom is 0.534 e. The van der Waals surface area contributed by atoms with Gasteiger partial charge in [0.05, 0.1) is 11.7 Å². The molecule has 5 nitrogen and oxygen atoms in total. The van der Waals surface area contributed by atoms with Gasteiger partial charge in [-0.25, -0.2) is 0 Å². The highest BCUT2D eigenvalue weighted by molar-refractivity contribution is 7.88. The summed E-state index contributed by atoms with van der Waals surface area (Å²) in [5.41, 5.74) is -5.89. The van der Waals surface area contributed by atoms with Gasteiger partial charge in [0.1, 0.15) is 5.75 Å². The van der Waals surface area contributed by atoms with Crippen molar-refractivity contribution < 1.29 is 35.3 Å². The molecule has 1 aliphatic rings. The molecule has 0 radical (unpaired) electrons. The number of rotatable bonds is 5. The number of alkyl halides is 3. The van der Waals surface area contributed by atoms with E-state index in [0.717, 1.165) is 37.8 Å². The van der Waals surface area contributed by atoms with Crippen molar-refractivity contribution >= 4 is 16.4 Å². The summed E-state index contributed by atoms with van der Waals surface area (Å²) in [4.78, 5) is 10.8. The van der Waals surface area contributed by atoms with Crippen molar-refractivity contribution in [1.29, 1.82) is 0 Å². The molecular formula is C13H13F3O5S. The van der Waals surface area contributed by atoms with Gasteiger partial charge in [-0.1, -0.05) is 0 Å². The van der Waals surface area contributed by atoms with Gasteiger partial charge < -0.3 is 8.92 Å². The summed E-state index contributed by atoms with van der Waals surface area (Å²) in [6.07, 6.45) is 3.74. The van der Waals surface area contributed by atoms with Crippen molar-refractivity contribution in [2.45, 2.75) is 37.3 Å². The molecule has 122 valence electrons. The van der Waals surface area contributed by atoms with Crippen LogP contribution in [0.3, 0.4) is 0 Å². The minimum absolute atomic E-state index is 0.0749. The van der Waals surface area contributed by atoms with E-state index in [4.69, 9.17) is 4.74 Å². The third-order valence-electron chi connectivity index (χ3n) is 3.20. The fraction of sp³-hybridized carbons (Fsp3) is 0.462. The van der Waals surface area contributed by atoms with Crippen LogP contribution in [0, 0.1) is 0 Å². The van der Waals surface area contributed by atoms with Gasteiger partial charge in [0.2, 0.25) is 0 Å². The number of ether oxygens (including phenoxy) is 1. The molecule has 0 bridgehead atoms. The molecule has 1 aliphatic carbocycles. The molecule has 0 N–H and O–H groups in total. The molecule has 0 saturated heterocycles. The Balaban J connectivity index is 2.26. The number of halogens is 3. The summed E-state index contributed by atoms with van der Waals surface area (Å²) in [5, 5.41) is 0. The van der Waals surface area contributed by atoms with Crippen LogP contribution in [-0.2, 0) is 10.1 Å². The Morgan fingerprint density at radius 3 is 2.36 bits per heavy atom. The normalized spacial score (nSPS) is 16.5. The summed E-state index contributed by atoms with van der Waals surface area (Å²) in [6, 6.07) is 3.51. The van der Waals surface area contributed by atoms with Crippen LogP contribution in [0.4, 0.5) is 13.2 Å². The molecule has 1 aromatic carbocycles. The first-order valence-electron chi connectivity index (χ1n) is 6.49. The Hall–Kier alpha value is -1.77. The van der Waals surface area contributed by atoms with E-state index in [0.29, 0.717) is 0 Å². The lowest BCUT2D eigenvalue weighted by molar-refractivity contribution is -0.0500. The Labute approximate surface area is 125 Å². The van der Waals surface area contributed by atoms with Gasteiger partial charge >= 0.3 is 15.6 Å². The number of aldehydes is 1. The first kappa shape index (κ1) is 16.6. The van der Waals surface area contributed by atoms with Crippen LogP contribution in [0.15, 0.2) is 18.2 Å². The maximum absolute atomic E-state index is 12.4. The molecule has 1 aromatic rings. The van der Waals surface area contributed by atoms with E-state index in [1.54, 1.807) is 0 Å². The fourth-order valence-corrected chi connectivity index (χ4v) is 2.60. The van der Waals surface area contributed by atoms with Gasteiger partial charge in [-0.2, -0.15) is 21.6 Å². The summed E-state index contributed by atoms with van der Waals surface area (Å²) in [5.74, 6) is -0.548. The minimum atomic E-state index is -5.84. The molecule has 0 aliphatic heterocycles. The molecule has 0 amide bonds. The third-order valence-corrected chi connectivity index (χ3v) is 4.17. The Morgan fingerprint density at radius 2 is 1.82 bits per heavy atom. The predicted molar refractivity (Wildman–Crippen MR) is 70.3 cm³/mol. The zero-order valence-electron chi connectivity index (χ0n) is 11.3. The van der Waals surface area contributed by atoms with Crippen LogP contribution in [0.1, 0.15) is 36.0 Å². The van der Waals surface area contributed by atoms with E-state index >= 15 is 0 Å². The van der Waals surface area contributed by atoms with Crippen molar-refractivity contribution in [3.05, 3.63) is 23.8 Å². The van der Waals surface area contributed by atoms with Crippen LogP contribution in [0.5, 0.6) is 11.5 Å². The number of hydrogen-bond acceptors (Lipinski definition) is 5. The number of carbonyl (C=O) groups excluding carboxylic acids is 1. The summed E-state index contributed by atoms with van der Waals surface area (Å²) < 4.78 is 68.7. The summed E-state index contributed by atoms with van der Waals surface area (Å²) in [7, 11) is -5.84. The first-order valence-corrected chi connectivity index (χ1v) is 7.90. The Kier molecular flexibility index (Phi) is 4.64. The van der Waals surface area contributed by atoms with Crippen LogP contribution >= 0.6 is 0 Å². The van der Waals surface area contributed by atoms with Crippen molar-refractivity contribution in [3.8, 4) is 11.5 Å². The van der Waals surface area contributed by atoms with E-state index in [1.165, 1.54) is 6.07 Å². The van der Waals surface area contributed by atoms with Crippen molar-refractivity contribution in [2.75, 3.05) is 0 Å². The monoisotopic (exact) mass is 338 g/mol. The summed E-state index contributed by atoms with van der Waals surface area (Å²) >= 11 is 0. The van der Waals surface area contributed by atoms with E-state index in [-0.39, 0.29) is 23.7 Å². The maximum atomic E-state index is 12.4.